The van der Waals surface area contributed by atoms with Crippen molar-refractivity contribution < 1.29 is 4.74 Å². The fraction of sp³-hybridized carbons (Fsp3) is 0.333. The molecule has 0 amide bonds. The summed E-state index contributed by atoms with van der Waals surface area (Å²) in [5, 5.41) is 0. The maximum absolute atomic E-state index is 5.79. The molecule has 2 rings (SSSR count). The molecule has 0 spiro atoms. The molecule has 2 aromatic rings. The molecule has 0 bridgehead atoms. The van der Waals surface area contributed by atoms with E-state index < -0.39 is 0 Å². The third-order valence-electron chi connectivity index (χ3n) is 2.81. The van der Waals surface area contributed by atoms with Crippen LogP contribution in [0.2, 0.25) is 0 Å². The van der Waals surface area contributed by atoms with Gasteiger partial charge in [-0.25, -0.2) is 4.98 Å². The number of aromatic nitrogens is 2. The van der Waals surface area contributed by atoms with Crippen LogP contribution in [0.4, 0.5) is 11.5 Å². The highest BCUT2D eigenvalue weighted by Crippen LogP contribution is 2.25. The fourth-order valence-electron chi connectivity index (χ4n) is 1.72. The van der Waals surface area contributed by atoms with Gasteiger partial charge >= 0.3 is 0 Å². The quantitative estimate of drug-likeness (QED) is 0.926. The summed E-state index contributed by atoms with van der Waals surface area (Å²) in [5.74, 6) is 2.50. The highest BCUT2D eigenvalue weighted by molar-refractivity contribution is 5.50. The van der Waals surface area contributed by atoms with Gasteiger partial charge in [0.15, 0.2) is 0 Å². The van der Waals surface area contributed by atoms with Gasteiger partial charge in [-0.2, -0.15) is 4.98 Å². The zero-order valence-electron chi connectivity index (χ0n) is 12.3. The summed E-state index contributed by atoms with van der Waals surface area (Å²) in [7, 11) is 3.97. The van der Waals surface area contributed by atoms with E-state index in [4.69, 9.17) is 10.5 Å². The van der Waals surface area contributed by atoms with Gasteiger partial charge in [0.2, 0.25) is 5.88 Å². The van der Waals surface area contributed by atoms with Gasteiger partial charge < -0.3 is 15.4 Å². The summed E-state index contributed by atoms with van der Waals surface area (Å²) in [4.78, 5) is 10.6. The Labute approximate surface area is 119 Å². The van der Waals surface area contributed by atoms with Crippen LogP contribution in [0.3, 0.4) is 0 Å². The van der Waals surface area contributed by atoms with E-state index in [1.54, 1.807) is 6.07 Å². The molecule has 2 N–H and O–H groups in total. The first-order valence-corrected chi connectivity index (χ1v) is 6.55. The van der Waals surface area contributed by atoms with Crippen molar-refractivity contribution in [1.82, 2.24) is 9.97 Å². The lowest BCUT2D eigenvalue weighted by Crippen LogP contribution is -2.08. The van der Waals surface area contributed by atoms with Crippen molar-refractivity contribution in [3.63, 3.8) is 0 Å². The van der Waals surface area contributed by atoms with Crippen molar-refractivity contribution in [2.45, 2.75) is 19.8 Å². The van der Waals surface area contributed by atoms with E-state index in [0.717, 1.165) is 11.4 Å². The van der Waals surface area contributed by atoms with Gasteiger partial charge in [0.25, 0.3) is 0 Å². The normalized spacial score (nSPS) is 10.7. The predicted octanol–water partition coefficient (Wildman–Crippen LogP) is 3.04. The molecule has 0 aliphatic carbocycles. The lowest BCUT2D eigenvalue weighted by molar-refractivity contribution is 0.457. The van der Waals surface area contributed by atoms with Gasteiger partial charge in [-0.3, -0.25) is 0 Å². The predicted molar refractivity (Wildman–Crippen MR) is 81.4 cm³/mol. The van der Waals surface area contributed by atoms with Gasteiger partial charge in [-0.1, -0.05) is 19.9 Å². The van der Waals surface area contributed by atoms with Crippen LogP contribution < -0.4 is 15.4 Å². The summed E-state index contributed by atoms with van der Waals surface area (Å²) in [6.07, 6.45) is 0. The number of nitrogens with zero attached hydrogens (tertiary/aromatic N) is 3. The number of hydrogen-bond acceptors (Lipinski definition) is 5. The molecule has 1 aromatic heterocycles. The molecule has 0 saturated carbocycles. The minimum Gasteiger partial charge on any atom is -0.439 e. The summed E-state index contributed by atoms with van der Waals surface area (Å²) >= 11 is 0. The van der Waals surface area contributed by atoms with Crippen LogP contribution in [0.15, 0.2) is 30.3 Å². The second-order valence-corrected chi connectivity index (χ2v) is 5.14. The van der Waals surface area contributed by atoms with Crippen LogP contribution in [0.25, 0.3) is 0 Å². The topological polar surface area (TPSA) is 64.3 Å². The van der Waals surface area contributed by atoms with Crippen LogP contribution in [0.1, 0.15) is 25.6 Å². The summed E-state index contributed by atoms with van der Waals surface area (Å²) in [5.41, 5.74) is 6.85. The molecule has 0 saturated heterocycles. The van der Waals surface area contributed by atoms with E-state index in [9.17, 15) is 0 Å². The number of benzene rings is 1. The molecule has 106 valence electrons. The van der Waals surface area contributed by atoms with Crippen LogP contribution in [0, 0.1) is 0 Å². The second-order valence-electron chi connectivity index (χ2n) is 5.14. The molecule has 0 atom stereocenters. The highest BCUT2D eigenvalue weighted by Gasteiger charge is 2.08. The standard InChI is InChI=1S/C15H20N4O/c1-10(2)15-17-13(16)9-14(18-15)20-12-7-5-6-11(8-12)19(3)4/h5-10H,1-4H3,(H2,16,17,18). The third-order valence-corrected chi connectivity index (χ3v) is 2.81. The largest absolute Gasteiger partial charge is 0.439 e. The van der Waals surface area contributed by atoms with Gasteiger partial charge in [-0.05, 0) is 12.1 Å². The number of nitrogen functional groups attached to an aromatic ring is 1. The Morgan fingerprint density at radius 1 is 1.15 bits per heavy atom. The monoisotopic (exact) mass is 272 g/mol. The van der Waals surface area contributed by atoms with Crippen molar-refractivity contribution in [3.05, 3.63) is 36.2 Å². The van der Waals surface area contributed by atoms with Crippen LogP contribution in [-0.2, 0) is 0 Å². The molecule has 0 unspecified atom stereocenters. The van der Waals surface area contributed by atoms with E-state index in [0.29, 0.717) is 17.5 Å². The average molecular weight is 272 g/mol. The van der Waals surface area contributed by atoms with Crippen molar-refractivity contribution in [3.8, 4) is 11.6 Å². The fourth-order valence-corrected chi connectivity index (χ4v) is 1.72. The van der Waals surface area contributed by atoms with Crippen molar-refractivity contribution >= 4 is 11.5 Å². The van der Waals surface area contributed by atoms with Crippen molar-refractivity contribution in [1.29, 1.82) is 0 Å². The molecule has 0 aliphatic rings. The zero-order valence-corrected chi connectivity index (χ0v) is 12.3. The Balaban J connectivity index is 2.27. The number of nitrogens with two attached hydrogens (primary N) is 1. The Bertz CT molecular complexity index is 596. The second kappa shape index (κ2) is 5.77. The third kappa shape index (κ3) is 3.38. The summed E-state index contributed by atoms with van der Waals surface area (Å²) in [6.45, 7) is 4.04. The first-order valence-electron chi connectivity index (χ1n) is 6.55. The van der Waals surface area contributed by atoms with E-state index in [-0.39, 0.29) is 5.92 Å². The Morgan fingerprint density at radius 3 is 2.55 bits per heavy atom. The average Bonchev–Trinajstić information content (AvgIpc) is 2.38. The maximum Gasteiger partial charge on any atom is 0.224 e. The molecule has 5 nitrogen and oxygen atoms in total. The molecular formula is C15H20N4O. The van der Waals surface area contributed by atoms with Crippen molar-refractivity contribution in [2.75, 3.05) is 24.7 Å². The van der Waals surface area contributed by atoms with Crippen LogP contribution in [-0.4, -0.2) is 24.1 Å². The molecule has 1 aromatic carbocycles. The first kappa shape index (κ1) is 14.1. The summed E-state index contributed by atoms with van der Waals surface area (Å²) in [6, 6.07) is 9.43. The molecule has 1 heterocycles. The number of hydrogen-bond donors (Lipinski definition) is 1. The van der Waals surface area contributed by atoms with Gasteiger partial charge in [0.1, 0.15) is 17.4 Å². The molecule has 5 heteroatoms. The molecular weight excluding hydrogens is 252 g/mol. The first-order chi connectivity index (χ1) is 9.45. The van der Waals surface area contributed by atoms with Gasteiger partial charge in [0, 0.05) is 37.8 Å². The van der Waals surface area contributed by atoms with Crippen LogP contribution >= 0.6 is 0 Å². The molecule has 0 fully saturated rings. The minimum atomic E-state index is 0.203. The highest BCUT2D eigenvalue weighted by atomic mass is 16.5. The van der Waals surface area contributed by atoms with Crippen LogP contribution in [0.5, 0.6) is 11.6 Å². The Hall–Kier alpha value is -2.30. The number of anilines is 2. The van der Waals surface area contributed by atoms with E-state index in [1.165, 1.54) is 0 Å². The Kier molecular flexibility index (Phi) is 4.08. The van der Waals surface area contributed by atoms with Gasteiger partial charge in [-0.15, -0.1) is 0 Å². The molecule has 20 heavy (non-hydrogen) atoms. The summed E-state index contributed by atoms with van der Waals surface area (Å²) < 4.78 is 5.78. The SMILES string of the molecule is CC(C)c1nc(N)cc(Oc2cccc(N(C)C)c2)n1. The zero-order chi connectivity index (χ0) is 14.7. The number of ether oxygens (including phenoxy) is 1. The molecule has 0 aliphatic heterocycles. The van der Waals surface area contributed by atoms with E-state index in [1.807, 2.05) is 57.1 Å². The Morgan fingerprint density at radius 2 is 1.90 bits per heavy atom. The molecule has 0 radical (unpaired) electrons. The van der Waals surface area contributed by atoms with Gasteiger partial charge in [0.05, 0.1) is 0 Å². The maximum atomic E-state index is 5.79. The van der Waals surface area contributed by atoms with E-state index in [2.05, 4.69) is 9.97 Å². The number of rotatable bonds is 4. The van der Waals surface area contributed by atoms with E-state index >= 15 is 0 Å². The smallest absolute Gasteiger partial charge is 0.224 e. The van der Waals surface area contributed by atoms with Crippen molar-refractivity contribution in [2.24, 2.45) is 0 Å². The lowest BCUT2D eigenvalue weighted by Gasteiger charge is -2.14. The lowest BCUT2D eigenvalue weighted by atomic mass is 10.2. The minimum absolute atomic E-state index is 0.203.